The van der Waals surface area contributed by atoms with Crippen LogP contribution in [0, 0.1) is 6.92 Å². The van der Waals surface area contributed by atoms with Crippen LogP contribution in [0.15, 0.2) is 10.9 Å². The molecule has 5 heteroatoms. The van der Waals surface area contributed by atoms with Gasteiger partial charge in [0.25, 0.3) is 5.56 Å². The van der Waals surface area contributed by atoms with Crippen LogP contribution >= 0.6 is 24.8 Å². The normalized spacial score (nSPS) is 9.40. The van der Waals surface area contributed by atoms with E-state index in [1.807, 2.05) is 13.0 Å². The summed E-state index contributed by atoms with van der Waals surface area (Å²) in [5.41, 5.74) is 8.13. The van der Waals surface area contributed by atoms with E-state index in [1.54, 1.807) is 0 Å². The number of nitrogens with one attached hydrogen (secondary N) is 1. The number of aromatic nitrogens is 1. The fraction of sp³-hybridized carbons (Fsp3) is 0.500. The number of halogens is 2. The van der Waals surface area contributed by atoms with Crippen molar-refractivity contribution in [1.82, 2.24) is 4.98 Å². The fourth-order valence-corrected chi connectivity index (χ4v) is 1.47. The lowest BCUT2D eigenvalue weighted by atomic mass is 9.98. The number of nitrogens with two attached hydrogens (primary N) is 1. The average molecular weight is 253 g/mol. The van der Waals surface area contributed by atoms with Crippen molar-refractivity contribution >= 4 is 24.8 Å². The molecule has 3 N–H and O–H groups in total. The summed E-state index contributed by atoms with van der Waals surface area (Å²) in [5, 5.41) is 0. The first-order valence-corrected chi connectivity index (χ1v) is 4.49. The maximum atomic E-state index is 11.5. The summed E-state index contributed by atoms with van der Waals surface area (Å²) in [6, 6.07) is 1.99. The third kappa shape index (κ3) is 3.86. The van der Waals surface area contributed by atoms with Gasteiger partial charge < -0.3 is 10.7 Å². The molecule has 0 saturated carbocycles. The van der Waals surface area contributed by atoms with Gasteiger partial charge in [0.1, 0.15) is 0 Å². The predicted molar refractivity (Wildman–Crippen MR) is 68.3 cm³/mol. The van der Waals surface area contributed by atoms with Gasteiger partial charge in [-0.3, -0.25) is 4.79 Å². The summed E-state index contributed by atoms with van der Waals surface area (Å²) < 4.78 is 0. The SMILES string of the molecule is Cc1cc(C(C)C)c(CN)c(=O)[nH]1.Cl.Cl. The maximum absolute atomic E-state index is 11.5. The number of H-pyrrole nitrogens is 1. The molecule has 0 amide bonds. The molecular formula is C10H18Cl2N2O. The fourth-order valence-electron chi connectivity index (χ4n) is 1.47. The predicted octanol–water partition coefficient (Wildman–Crippen LogP) is 2.11. The van der Waals surface area contributed by atoms with Crippen LogP contribution in [-0.4, -0.2) is 4.98 Å². The van der Waals surface area contributed by atoms with Gasteiger partial charge in [-0.1, -0.05) is 13.8 Å². The summed E-state index contributed by atoms with van der Waals surface area (Å²) in [6.45, 7) is 6.32. The van der Waals surface area contributed by atoms with Gasteiger partial charge in [0.2, 0.25) is 0 Å². The van der Waals surface area contributed by atoms with Crippen molar-refractivity contribution in [3.63, 3.8) is 0 Å². The monoisotopic (exact) mass is 252 g/mol. The van der Waals surface area contributed by atoms with Crippen molar-refractivity contribution in [1.29, 1.82) is 0 Å². The highest BCUT2D eigenvalue weighted by Gasteiger charge is 2.09. The molecule has 0 aliphatic carbocycles. The van der Waals surface area contributed by atoms with E-state index < -0.39 is 0 Å². The number of hydrogen-bond acceptors (Lipinski definition) is 2. The molecule has 0 unspecified atom stereocenters. The highest BCUT2D eigenvalue weighted by molar-refractivity contribution is 5.85. The van der Waals surface area contributed by atoms with Gasteiger partial charge in [-0.15, -0.1) is 24.8 Å². The Morgan fingerprint density at radius 1 is 1.40 bits per heavy atom. The van der Waals surface area contributed by atoms with E-state index in [0.717, 1.165) is 11.3 Å². The van der Waals surface area contributed by atoms with E-state index in [4.69, 9.17) is 5.73 Å². The molecule has 0 spiro atoms. The second-order valence-electron chi connectivity index (χ2n) is 3.57. The van der Waals surface area contributed by atoms with E-state index in [0.29, 0.717) is 18.0 Å². The molecule has 0 aliphatic rings. The summed E-state index contributed by atoms with van der Waals surface area (Å²) in [7, 11) is 0. The molecule has 1 rings (SSSR count). The minimum Gasteiger partial charge on any atom is -0.326 e. The van der Waals surface area contributed by atoms with Crippen LogP contribution in [0.5, 0.6) is 0 Å². The molecule has 0 radical (unpaired) electrons. The molecule has 0 atom stereocenters. The van der Waals surface area contributed by atoms with E-state index in [2.05, 4.69) is 18.8 Å². The Balaban J connectivity index is 0. The van der Waals surface area contributed by atoms with Crippen LogP contribution in [0.4, 0.5) is 0 Å². The molecule has 88 valence electrons. The van der Waals surface area contributed by atoms with Gasteiger partial charge in [-0.25, -0.2) is 0 Å². The van der Waals surface area contributed by atoms with Crippen molar-refractivity contribution in [3.8, 4) is 0 Å². The molecule has 15 heavy (non-hydrogen) atoms. The van der Waals surface area contributed by atoms with Crippen molar-refractivity contribution in [3.05, 3.63) is 33.2 Å². The third-order valence-electron chi connectivity index (χ3n) is 2.13. The van der Waals surface area contributed by atoms with Crippen LogP contribution < -0.4 is 11.3 Å². The first-order valence-electron chi connectivity index (χ1n) is 4.49. The van der Waals surface area contributed by atoms with E-state index in [-0.39, 0.29) is 30.4 Å². The lowest BCUT2D eigenvalue weighted by Crippen LogP contribution is -2.20. The van der Waals surface area contributed by atoms with Gasteiger partial charge >= 0.3 is 0 Å². The Hall–Kier alpha value is -0.510. The zero-order chi connectivity index (χ0) is 10.0. The Morgan fingerprint density at radius 3 is 2.33 bits per heavy atom. The Kier molecular flexibility index (Phi) is 7.75. The van der Waals surface area contributed by atoms with Crippen molar-refractivity contribution in [2.75, 3.05) is 0 Å². The van der Waals surface area contributed by atoms with Gasteiger partial charge in [0, 0.05) is 17.8 Å². The number of hydrogen-bond donors (Lipinski definition) is 2. The van der Waals surface area contributed by atoms with Crippen molar-refractivity contribution < 1.29 is 0 Å². The third-order valence-corrected chi connectivity index (χ3v) is 2.13. The smallest absolute Gasteiger partial charge is 0.252 e. The number of aromatic amines is 1. The Morgan fingerprint density at radius 2 is 1.93 bits per heavy atom. The lowest BCUT2D eigenvalue weighted by Gasteiger charge is -2.10. The standard InChI is InChI=1S/C10H16N2O.2ClH/c1-6(2)8-4-7(3)12-10(13)9(8)5-11;;/h4,6H,5,11H2,1-3H3,(H,12,13);2*1H. The molecule has 0 aromatic carbocycles. The molecule has 0 bridgehead atoms. The van der Waals surface area contributed by atoms with E-state index in [9.17, 15) is 4.79 Å². The minimum absolute atomic E-state index is 0. The number of rotatable bonds is 2. The molecule has 0 fully saturated rings. The van der Waals surface area contributed by atoms with Crippen LogP contribution in [0.2, 0.25) is 0 Å². The Bertz CT molecular complexity index is 361. The first-order chi connectivity index (χ1) is 6.06. The molecule has 1 heterocycles. The first kappa shape index (κ1) is 16.9. The molecular weight excluding hydrogens is 235 g/mol. The number of aryl methyl sites for hydroxylation is 1. The molecule has 3 nitrogen and oxygen atoms in total. The molecule has 1 aromatic rings. The second kappa shape index (κ2) is 6.88. The maximum Gasteiger partial charge on any atom is 0.252 e. The highest BCUT2D eigenvalue weighted by atomic mass is 35.5. The van der Waals surface area contributed by atoms with Crippen LogP contribution in [-0.2, 0) is 6.54 Å². The largest absolute Gasteiger partial charge is 0.326 e. The minimum atomic E-state index is -0.0498. The van der Waals surface area contributed by atoms with Gasteiger partial charge in [-0.2, -0.15) is 0 Å². The number of pyridine rings is 1. The molecule has 1 aromatic heterocycles. The summed E-state index contributed by atoms with van der Waals surface area (Å²) in [6.07, 6.45) is 0. The zero-order valence-corrected chi connectivity index (χ0v) is 10.8. The second-order valence-corrected chi connectivity index (χ2v) is 3.57. The summed E-state index contributed by atoms with van der Waals surface area (Å²) >= 11 is 0. The van der Waals surface area contributed by atoms with Crippen molar-refractivity contribution in [2.24, 2.45) is 5.73 Å². The van der Waals surface area contributed by atoms with Crippen LogP contribution in [0.3, 0.4) is 0 Å². The van der Waals surface area contributed by atoms with Crippen LogP contribution in [0.25, 0.3) is 0 Å². The Labute approximate surface area is 102 Å². The quantitative estimate of drug-likeness (QED) is 0.848. The van der Waals surface area contributed by atoms with Crippen LogP contribution in [0.1, 0.15) is 36.6 Å². The van der Waals surface area contributed by atoms with E-state index >= 15 is 0 Å². The topological polar surface area (TPSA) is 58.9 Å². The van der Waals surface area contributed by atoms with Crippen molar-refractivity contribution in [2.45, 2.75) is 33.2 Å². The van der Waals surface area contributed by atoms with Gasteiger partial charge in [0.15, 0.2) is 0 Å². The summed E-state index contributed by atoms with van der Waals surface area (Å²) in [5.74, 6) is 0.347. The molecule has 0 saturated heterocycles. The molecule has 0 aliphatic heterocycles. The van der Waals surface area contributed by atoms with Gasteiger partial charge in [-0.05, 0) is 24.5 Å². The zero-order valence-electron chi connectivity index (χ0n) is 9.16. The van der Waals surface area contributed by atoms with E-state index in [1.165, 1.54) is 0 Å². The summed E-state index contributed by atoms with van der Waals surface area (Å²) in [4.78, 5) is 14.2. The average Bonchev–Trinajstić information content (AvgIpc) is 2.02. The van der Waals surface area contributed by atoms with Gasteiger partial charge in [0.05, 0.1) is 0 Å². The lowest BCUT2D eigenvalue weighted by molar-refractivity contribution is 0.820. The highest BCUT2D eigenvalue weighted by Crippen LogP contribution is 2.16.